The van der Waals surface area contributed by atoms with Crippen LogP contribution in [0.4, 0.5) is 5.69 Å². The second-order valence-electron chi connectivity index (χ2n) is 4.41. The van der Waals surface area contributed by atoms with Crippen molar-refractivity contribution < 1.29 is 17.9 Å². The normalized spacial score (nSPS) is 11.0. The maximum Gasteiger partial charge on any atom is 0.261 e. The molecule has 0 aliphatic rings. The summed E-state index contributed by atoms with van der Waals surface area (Å²) in [5.74, 6) is 0.513. The molecule has 2 aromatic carbocycles. The third-order valence-electron chi connectivity index (χ3n) is 2.91. The van der Waals surface area contributed by atoms with Crippen LogP contribution >= 0.6 is 0 Å². The molecule has 6 heteroatoms. The molecular weight excluding hydrogens is 290 g/mol. The molecule has 5 nitrogen and oxygen atoms in total. The molecule has 0 saturated carbocycles. The van der Waals surface area contributed by atoms with Crippen LogP contribution in [0, 0.1) is 0 Å². The quantitative estimate of drug-likeness (QED) is 0.862. The van der Waals surface area contributed by atoms with Gasteiger partial charge in [0.25, 0.3) is 10.0 Å². The van der Waals surface area contributed by atoms with Crippen LogP contribution in [-0.2, 0) is 10.0 Å². The third-order valence-corrected chi connectivity index (χ3v) is 4.31. The van der Waals surface area contributed by atoms with Crippen molar-refractivity contribution in [1.29, 1.82) is 0 Å². The molecule has 0 unspecified atom stereocenters. The number of methoxy groups -OCH3 is 1. The molecule has 0 bridgehead atoms. The summed E-state index contributed by atoms with van der Waals surface area (Å²) in [6.45, 7) is 1.45. The number of ketones is 1. The van der Waals surface area contributed by atoms with Gasteiger partial charge >= 0.3 is 0 Å². The minimum Gasteiger partial charge on any atom is -0.497 e. The predicted molar refractivity (Wildman–Crippen MR) is 80.2 cm³/mol. The summed E-state index contributed by atoms with van der Waals surface area (Å²) in [6, 6.07) is 12.3. The van der Waals surface area contributed by atoms with Gasteiger partial charge in [0.05, 0.1) is 12.0 Å². The monoisotopic (exact) mass is 305 g/mol. The lowest BCUT2D eigenvalue weighted by Crippen LogP contribution is -2.12. The lowest BCUT2D eigenvalue weighted by Gasteiger charge is -2.09. The number of nitrogens with one attached hydrogen (secondary N) is 1. The van der Waals surface area contributed by atoms with Gasteiger partial charge in [0, 0.05) is 11.3 Å². The first-order valence-corrected chi connectivity index (χ1v) is 7.68. The zero-order valence-electron chi connectivity index (χ0n) is 11.7. The third kappa shape index (κ3) is 3.61. The van der Waals surface area contributed by atoms with Crippen LogP contribution < -0.4 is 9.46 Å². The van der Waals surface area contributed by atoms with Crippen LogP contribution in [0.3, 0.4) is 0 Å². The van der Waals surface area contributed by atoms with Gasteiger partial charge in [-0.15, -0.1) is 0 Å². The van der Waals surface area contributed by atoms with E-state index in [1.54, 1.807) is 36.4 Å². The van der Waals surface area contributed by atoms with Crippen LogP contribution in [0.2, 0.25) is 0 Å². The van der Waals surface area contributed by atoms with E-state index in [1.807, 2.05) is 0 Å². The van der Waals surface area contributed by atoms with Gasteiger partial charge in [-0.2, -0.15) is 0 Å². The van der Waals surface area contributed by atoms with E-state index in [9.17, 15) is 13.2 Å². The topological polar surface area (TPSA) is 72.5 Å². The molecule has 110 valence electrons. The van der Waals surface area contributed by atoms with Crippen molar-refractivity contribution in [2.45, 2.75) is 11.8 Å². The standard InChI is InChI=1S/C15H15NO4S/c1-11(17)12-3-5-13(6-4-12)16-21(18,19)15-9-7-14(20-2)8-10-15/h3-10,16H,1-2H3. The Balaban J connectivity index is 2.21. The Labute approximate surface area is 123 Å². The Morgan fingerprint density at radius 1 is 1.00 bits per heavy atom. The van der Waals surface area contributed by atoms with E-state index in [1.165, 1.54) is 26.2 Å². The highest BCUT2D eigenvalue weighted by molar-refractivity contribution is 7.92. The van der Waals surface area contributed by atoms with Gasteiger partial charge in [0.2, 0.25) is 0 Å². The van der Waals surface area contributed by atoms with Crippen molar-refractivity contribution in [2.24, 2.45) is 0 Å². The molecule has 2 rings (SSSR count). The number of hydrogen-bond acceptors (Lipinski definition) is 4. The van der Waals surface area contributed by atoms with E-state index >= 15 is 0 Å². The maximum absolute atomic E-state index is 12.2. The summed E-state index contributed by atoms with van der Waals surface area (Å²) >= 11 is 0. The second-order valence-corrected chi connectivity index (χ2v) is 6.10. The van der Waals surface area contributed by atoms with E-state index in [0.29, 0.717) is 17.0 Å². The number of hydrogen-bond donors (Lipinski definition) is 1. The second kappa shape index (κ2) is 5.97. The fraction of sp³-hybridized carbons (Fsp3) is 0.133. The summed E-state index contributed by atoms with van der Waals surface area (Å²) in [4.78, 5) is 11.3. The van der Waals surface area contributed by atoms with Crippen LogP contribution in [-0.4, -0.2) is 21.3 Å². The molecule has 0 spiro atoms. The maximum atomic E-state index is 12.2. The van der Waals surface area contributed by atoms with E-state index < -0.39 is 10.0 Å². The lowest BCUT2D eigenvalue weighted by atomic mass is 10.1. The number of carbonyl (C=O) groups excluding carboxylic acids is 1. The van der Waals surface area contributed by atoms with E-state index in [-0.39, 0.29) is 10.7 Å². The highest BCUT2D eigenvalue weighted by Gasteiger charge is 2.14. The van der Waals surface area contributed by atoms with Gasteiger partial charge in [-0.3, -0.25) is 9.52 Å². The largest absolute Gasteiger partial charge is 0.497 e. The van der Waals surface area contributed by atoms with Crippen molar-refractivity contribution in [2.75, 3.05) is 11.8 Å². The fourth-order valence-corrected chi connectivity index (χ4v) is 2.80. The Morgan fingerprint density at radius 3 is 2.05 bits per heavy atom. The van der Waals surface area contributed by atoms with Crippen molar-refractivity contribution >= 4 is 21.5 Å². The molecule has 0 heterocycles. The van der Waals surface area contributed by atoms with Crippen molar-refractivity contribution in [1.82, 2.24) is 0 Å². The average molecular weight is 305 g/mol. The smallest absolute Gasteiger partial charge is 0.261 e. The molecule has 1 N–H and O–H groups in total. The van der Waals surface area contributed by atoms with Crippen molar-refractivity contribution in [3.8, 4) is 5.75 Å². The molecule has 0 radical (unpaired) electrons. The first kappa shape index (κ1) is 15.1. The molecule has 0 atom stereocenters. The minimum absolute atomic E-state index is 0.0699. The molecule has 0 aliphatic heterocycles. The number of benzene rings is 2. The predicted octanol–water partition coefficient (Wildman–Crippen LogP) is 2.70. The summed E-state index contributed by atoms with van der Waals surface area (Å²) in [6.07, 6.45) is 0. The van der Waals surface area contributed by atoms with Gasteiger partial charge in [0.1, 0.15) is 5.75 Å². The zero-order valence-corrected chi connectivity index (χ0v) is 12.5. The zero-order chi connectivity index (χ0) is 15.5. The van der Waals surface area contributed by atoms with Crippen molar-refractivity contribution in [3.63, 3.8) is 0 Å². The van der Waals surface area contributed by atoms with E-state index in [4.69, 9.17) is 4.74 Å². The molecule has 0 fully saturated rings. The van der Waals surface area contributed by atoms with Gasteiger partial charge in [-0.25, -0.2) is 8.42 Å². The number of sulfonamides is 1. The number of ether oxygens (including phenoxy) is 1. The summed E-state index contributed by atoms with van der Waals surface area (Å²) in [7, 11) is -2.15. The molecule has 0 amide bonds. The molecule has 0 saturated heterocycles. The average Bonchev–Trinajstić information content (AvgIpc) is 2.47. The van der Waals surface area contributed by atoms with Gasteiger partial charge in [0.15, 0.2) is 5.78 Å². The lowest BCUT2D eigenvalue weighted by molar-refractivity contribution is 0.101. The number of carbonyl (C=O) groups is 1. The molecule has 0 aliphatic carbocycles. The Morgan fingerprint density at radius 2 is 1.57 bits per heavy atom. The highest BCUT2D eigenvalue weighted by Crippen LogP contribution is 2.19. The molecule has 21 heavy (non-hydrogen) atoms. The summed E-state index contributed by atoms with van der Waals surface area (Å²) < 4.78 is 31.8. The van der Waals surface area contributed by atoms with Gasteiger partial charge in [-0.05, 0) is 55.5 Å². The Bertz CT molecular complexity index is 734. The van der Waals surface area contributed by atoms with Crippen LogP contribution in [0.5, 0.6) is 5.75 Å². The fourth-order valence-electron chi connectivity index (χ4n) is 1.74. The number of anilines is 1. The van der Waals surface area contributed by atoms with Crippen LogP contribution in [0.25, 0.3) is 0 Å². The van der Waals surface area contributed by atoms with Crippen molar-refractivity contribution in [3.05, 3.63) is 54.1 Å². The summed E-state index contributed by atoms with van der Waals surface area (Å²) in [5, 5.41) is 0. The molecule has 0 aromatic heterocycles. The molecule has 2 aromatic rings. The number of rotatable bonds is 5. The Hall–Kier alpha value is -2.34. The van der Waals surface area contributed by atoms with Crippen LogP contribution in [0.15, 0.2) is 53.4 Å². The van der Waals surface area contributed by atoms with Gasteiger partial charge in [-0.1, -0.05) is 0 Å². The SMILES string of the molecule is COc1ccc(S(=O)(=O)Nc2ccc(C(C)=O)cc2)cc1. The van der Waals surface area contributed by atoms with E-state index in [0.717, 1.165) is 0 Å². The Kier molecular flexibility index (Phi) is 4.28. The van der Waals surface area contributed by atoms with E-state index in [2.05, 4.69) is 4.72 Å². The number of Topliss-reactive ketones (excluding diaryl/α,β-unsaturated/α-hetero) is 1. The van der Waals surface area contributed by atoms with Crippen LogP contribution in [0.1, 0.15) is 17.3 Å². The summed E-state index contributed by atoms with van der Waals surface area (Å²) in [5.41, 5.74) is 0.929. The first-order valence-electron chi connectivity index (χ1n) is 6.20. The molecular formula is C15H15NO4S. The first-order chi connectivity index (χ1) is 9.92. The van der Waals surface area contributed by atoms with Gasteiger partial charge < -0.3 is 4.74 Å². The highest BCUT2D eigenvalue weighted by atomic mass is 32.2. The minimum atomic E-state index is -3.66.